The fraction of sp³-hybridized carbons (Fsp3) is 0.833. The van der Waals surface area contributed by atoms with E-state index in [9.17, 15) is 9.90 Å². The largest absolute Gasteiger partial charge is 0.390 e. The van der Waals surface area contributed by atoms with Crippen molar-refractivity contribution in [2.45, 2.75) is 72.3 Å². The number of fused-ring (bicyclic) bond motifs is 1. The van der Waals surface area contributed by atoms with Gasteiger partial charge in [-0.05, 0) is 62.4 Å². The van der Waals surface area contributed by atoms with E-state index in [1.165, 1.54) is 12.8 Å². The predicted octanol–water partition coefficient (Wildman–Crippen LogP) is 4.13. The molecule has 2 aliphatic rings. The lowest BCUT2D eigenvalue weighted by Gasteiger charge is -2.60. The number of allylic oxidation sites excluding steroid dienone is 1. The third-order valence-corrected chi connectivity index (χ3v) is 6.12. The molecule has 20 heavy (non-hydrogen) atoms. The Hall–Kier alpha value is -0.630. The Labute approximate surface area is 123 Å². The smallest absolute Gasteiger partial charge is 0.152 e. The third kappa shape index (κ3) is 2.59. The summed E-state index contributed by atoms with van der Waals surface area (Å²) in [5.74, 6) is 0.782. The van der Waals surface area contributed by atoms with Crippen LogP contribution in [0.5, 0.6) is 0 Å². The van der Waals surface area contributed by atoms with Gasteiger partial charge in [-0.25, -0.2) is 0 Å². The first-order valence-corrected chi connectivity index (χ1v) is 8.01. The summed E-state index contributed by atoms with van der Waals surface area (Å²) in [5.41, 5.74) is -0.244. The number of hydrogen-bond donors (Lipinski definition) is 1. The van der Waals surface area contributed by atoms with Gasteiger partial charge in [-0.1, -0.05) is 33.3 Å². The monoisotopic (exact) mass is 278 g/mol. The van der Waals surface area contributed by atoms with E-state index in [1.807, 2.05) is 13.0 Å². The molecule has 0 aromatic heterocycles. The van der Waals surface area contributed by atoms with Crippen LogP contribution in [-0.2, 0) is 4.79 Å². The first kappa shape index (κ1) is 15.8. The van der Waals surface area contributed by atoms with Crippen LogP contribution in [-0.4, -0.2) is 16.5 Å². The Morgan fingerprint density at radius 2 is 1.80 bits per heavy atom. The zero-order valence-electron chi connectivity index (χ0n) is 13.7. The second-order valence-electron chi connectivity index (χ2n) is 8.24. The highest BCUT2D eigenvalue weighted by Crippen LogP contribution is 2.62. The summed E-state index contributed by atoms with van der Waals surface area (Å²) < 4.78 is 0. The molecule has 4 atom stereocenters. The highest BCUT2D eigenvalue weighted by atomic mass is 16.3. The molecule has 0 aromatic carbocycles. The van der Waals surface area contributed by atoms with Crippen LogP contribution in [0.25, 0.3) is 0 Å². The summed E-state index contributed by atoms with van der Waals surface area (Å²) in [6.45, 7) is 10.6. The molecule has 2 fully saturated rings. The maximum Gasteiger partial charge on any atom is 0.152 e. The van der Waals surface area contributed by atoms with Crippen LogP contribution in [0.15, 0.2) is 12.2 Å². The van der Waals surface area contributed by atoms with Gasteiger partial charge in [0.15, 0.2) is 5.78 Å². The summed E-state index contributed by atoms with van der Waals surface area (Å²) in [6.07, 6.45) is 9.25. The van der Waals surface area contributed by atoms with E-state index in [1.54, 1.807) is 13.0 Å². The van der Waals surface area contributed by atoms with Gasteiger partial charge in [0.25, 0.3) is 0 Å². The fourth-order valence-corrected chi connectivity index (χ4v) is 5.22. The lowest BCUT2D eigenvalue weighted by Crippen LogP contribution is -2.56. The molecule has 2 rings (SSSR count). The first-order chi connectivity index (χ1) is 9.09. The average Bonchev–Trinajstić information content (AvgIpc) is 2.25. The normalized spacial score (nSPS) is 44.3. The van der Waals surface area contributed by atoms with Gasteiger partial charge in [-0.3, -0.25) is 4.79 Å². The van der Waals surface area contributed by atoms with E-state index in [4.69, 9.17) is 0 Å². The number of carbonyl (C=O) groups excluding carboxylic acids is 1. The van der Waals surface area contributed by atoms with Crippen molar-refractivity contribution in [2.75, 3.05) is 0 Å². The molecule has 2 aliphatic carbocycles. The number of aliphatic hydroxyl groups is 1. The molecule has 0 bridgehead atoms. The molecular weight excluding hydrogens is 248 g/mol. The topological polar surface area (TPSA) is 37.3 Å². The van der Waals surface area contributed by atoms with E-state index < -0.39 is 5.60 Å². The molecule has 0 amide bonds. The van der Waals surface area contributed by atoms with Crippen LogP contribution in [0.2, 0.25) is 0 Å². The van der Waals surface area contributed by atoms with Crippen molar-refractivity contribution in [2.24, 2.45) is 22.7 Å². The number of rotatable bonds is 2. The Kier molecular flexibility index (Phi) is 3.92. The van der Waals surface area contributed by atoms with Crippen molar-refractivity contribution in [3.8, 4) is 0 Å². The Balaban J connectivity index is 2.40. The maximum absolute atomic E-state index is 11.3. The highest BCUT2D eigenvalue weighted by molar-refractivity contribution is 5.87. The van der Waals surface area contributed by atoms with E-state index in [0.29, 0.717) is 11.3 Å². The molecular formula is C18H30O2. The van der Waals surface area contributed by atoms with Gasteiger partial charge < -0.3 is 5.11 Å². The highest BCUT2D eigenvalue weighted by Gasteiger charge is 2.57. The molecule has 0 spiro atoms. The summed E-state index contributed by atoms with van der Waals surface area (Å²) in [4.78, 5) is 11.3. The lowest BCUT2D eigenvalue weighted by molar-refractivity contribution is -0.149. The molecule has 114 valence electrons. The molecule has 0 radical (unpaired) electrons. The molecule has 0 saturated heterocycles. The molecule has 0 unspecified atom stereocenters. The first-order valence-electron chi connectivity index (χ1n) is 8.01. The number of hydrogen-bond acceptors (Lipinski definition) is 2. The molecule has 0 heterocycles. The molecule has 0 aliphatic heterocycles. The predicted molar refractivity (Wildman–Crippen MR) is 82.4 cm³/mol. The SMILES string of the molecule is CC(=O)/C=C/[C@@H]1[C@]2(C)CCCC(C)(C)[C@@H]2CC[C@@]1(C)O. The van der Waals surface area contributed by atoms with Gasteiger partial charge in [0.1, 0.15) is 0 Å². The third-order valence-electron chi connectivity index (χ3n) is 6.12. The lowest BCUT2D eigenvalue weighted by atomic mass is 9.45. The Bertz CT molecular complexity index is 419. The van der Waals surface area contributed by atoms with Crippen molar-refractivity contribution in [3.05, 3.63) is 12.2 Å². The van der Waals surface area contributed by atoms with Crippen LogP contribution in [0.3, 0.4) is 0 Å². The van der Waals surface area contributed by atoms with E-state index in [2.05, 4.69) is 20.8 Å². The second-order valence-corrected chi connectivity index (χ2v) is 8.24. The Morgan fingerprint density at radius 1 is 1.15 bits per heavy atom. The minimum atomic E-state index is -0.690. The van der Waals surface area contributed by atoms with Crippen LogP contribution in [0, 0.1) is 22.7 Å². The maximum atomic E-state index is 11.3. The second kappa shape index (κ2) is 4.98. The zero-order valence-corrected chi connectivity index (χ0v) is 13.7. The minimum absolute atomic E-state index is 0.0709. The van der Waals surface area contributed by atoms with Crippen molar-refractivity contribution in [3.63, 3.8) is 0 Å². The number of carbonyl (C=O) groups is 1. The van der Waals surface area contributed by atoms with Crippen molar-refractivity contribution >= 4 is 5.78 Å². The van der Waals surface area contributed by atoms with Gasteiger partial charge in [0.05, 0.1) is 5.60 Å². The summed E-state index contributed by atoms with van der Waals surface area (Å²) in [7, 11) is 0. The summed E-state index contributed by atoms with van der Waals surface area (Å²) in [6, 6.07) is 0. The van der Waals surface area contributed by atoms with E-state index in [-0.39, 0.29) is 17.1 Å². The summed E-state index contributed by atoms with van der Waals surface area (Å²) in [5, 5.41) is 10.9. The minimum Gasteiger partial charge on any atom is -0.390 e. The van der Waals surface area contributed by atoms with Gasteiger partial charge in [0, 0.05) is 5.92 Å². The molecule has 2 heteroatoms. The van der Waals surface area contributed by atoms with Crippen LogP contribution < -0.4 is 0 Å². The van der Waals surface area contributed by atoms with E-state index in [0.717, 1.165) is 19.3 Å². The van der Waals surface area contributed by atoms with E-state index >= 15 is 0 Å². The number of ketones is 1. The molecule has 1 N–H and O–H groups in total. The van der Waals surface area contributed by atoms with Gasteiger partial charge in [0.2, 0.25) is 0 Å². The fourth-order valence-electron chi connectivity index (χ4n) is 5.22. The molecule has 2 nitrogen and oxygen atoms in total. The van der Waals surface area contributed by atoms with Crippen LogP contribution in [0.4, 0.5) is 0 Å². The van der Waals surface area contributed by atoms with Crippen molar-refractivity contribution < 1.29 is 9.90 Å². The summed E-state index contributed by atoms with van der Waals surface area (Å²) >= 11 is 0. The standard InChI is InChI=1S/C18H30O2/c1-13(19)7-8-15-17(4)11-6-10-16(2,3)14(17)9-12-18(15,5)20/h7-8,14-15,20H,6,9-12H2,1-5H3/b8-7+/t14-,15+,17+,18+/m0/s1. The van der Waals surface area contributed by atoms with Gasteiger partial charge in [-0.15, -0.1) is 0 Å². The van der Waals surface area contributed by atoms with Gasteiger partial charge in [-0.2, -0.15) is 0 Å². The quantitative estimate of drug-likeness (QED) is 0.771. The molecule has 2 saturated carbocycles. The average molecular weight is 278 g/mol. The van der Waals surface area contributed by atoms with Crippen LogP contribution in [0.1, 0.15) is 66.7 Å². The van der Waals surface area contributed by atoms with Crippen molar-refractivity contribution in [1.82, 2.24) is 0 Å². The van der Waals surface area contributed by atoms with Gasteiger partial charge >= 0.3 is 0 Å². The molecule has 0 aromatic rings. The zero-order chi connectivity index (χ0) is 15.2. The van der Waals surface area contributed by atoms with Crippen molar-refractivity contribution in [1.29, 1.82) is 0 Å². The Morgan fingerprint density at radius 3 is 2.40 bits per heavy atom. The van der Waals surface area contributed by atoms with Crippen LogP contribution >= 0.6 is 0 Å².